The van der Waals surface area contributed by atoms with Gasteiger partial charge in [0.2, 0.25) is 6.41 Å². The van der Waals surface area contributed by atoms with Crippen LogP contribution in [0.5, 0.6) is 0 Å². The lowest BCUT2D eigenvalue weighted by Gasteiger charge is -2.30. The molecule has 0 radical (unpaired) electrons. The Kier molecular flexibility index (Phi) is 6.92. The number of hydrogen-bond acceptors (Lipinski definition) is 2. The molecule has 0 saturated carbocycles. The molecule has 0 aromatic heterocycles. The lowest BCUT2D eigenvalue weighted by atomic mass is 10.1. The molecule has 1 heterocycles. The highest BCUT2D eigenvalue weighted by Crippen LogP contribution is 2.23. The highest BCUT2D eigenvalue weighted by atomic mass is 16.1. The largest absolute Gasteiger partial charge is 0.371 e. The first-order valence-corrected chi connectivity index (χ1v) is 6.91. The molecule has 0 aliphatic carbocycles. The van der Waals surface area contributed by atoms with Crippen LogP contribution in [0.2, 0.25) is 0 Å². The van der Waals surface area contributed by atoms with E-state index in [4.69, 9.17) is 0 Å². The monoisotopic (exact) mass is 250 g/mol. The molecule has 1 aromatic rings. The van der Waals surface area contributed by atoms with Crippen molar-refractivity contribution in [1.29, 1.82) is 0 Å². The maximum atomic E-state index is 10.3. The molecular weight excluding hydrogens is 224 g/mol. The summed E-state index contributed by atoms with van der Waals surface area (Å²) in [6.45, 7) is 6.90. The summed E-state index contributed by atoms with van der Waals surface area (Å²) in [5, 5.41) is 2.74. The van der Waals surface area contributed by atoms with Gasteiger partial charge < -0.3 is 10.2 Å². The number of carbonyl (C=O) groups is 1. The lowest BCUT2D eigenvalue weighted by Crippen LogP contribution is -2.30. The Hall–Kier alpha value is -1.51. The van der Waals surface area contributed by atoms with Gasteiger partial charge in [0.15, 0.2) is 0 Å². The number of nitrogens with one attached hydrogen (secondary N) is 1. The Labute approximate surface area is 112 Å². The highest BCUT2D eigenvalue weighted by molar-refractivity contribution is 5.55. The molecule has 1 saturated heterocycles. The predicted octanol–water partition coefficient (Wildman–Crippen LogP) is 3.20. The Bertz CT molecular complexity index is 352. The van der Waals surface area contributed by atoms with Crippen molar-refractivity contribution in [2.45, 2.75) is 39.7 Å². The van der Waals surface area contributed by atoms with E-state index in [-0.39, 0.29) is 1.43 Å². The number of para-hydroxylation sites is 1. The molecule has 18 heavy (non-hydrogen) atoms. The molecule has 0 bridgehead atoms. The molecule has 1 N–H and O–H groups in total. The van der Waals surface area contributed by atoms with Crippen LogP contribution in [0.15, 0.2) is 24.3 Å². The fourth-order valence-corrected chi connectivity index (χ4v) is 2.26. The standard InChI is InChI=1S/C13H18N2O.C2H6.H2/c16-11-14-10-12-6-2-3-7-13(12)15-8-4-1-5-9-15;1-2;/h2-3,6-7,11H,1,4-5,8-10H2,(H,14,16);1-2H3;1H. The third-order valence-electron chi connectivity index (χ3n) is 3.06. The summed E-state index contributed by atoms with van der Waals surface area (Å²) >= 11 is 0. The minimum atomic E-state index is 0. The van der Waals surface area contributed by atoms with Gasteiger partial charge in [-0.1, -0.05) is 32.0 Å². The van der Waals surface area contributed by atoms with Crippen LogP contribution in [0.4, 0.5) is 5.69 Å². The van der Waals surface area contributed by atoms with Crippen LogP contribution in [0.3, 0.4) is 0 Å². The van der Waals surface area contributed by atoms with Crippen LogP contribution in [0.25, 0.3) is 0 Å². The molecule has 1 aliphatic rings. The highest BCUT2D eigenvalue weighted by Gasteiger charge is 2.13. The number of nitrogens with zero attached hydrogens (tertiary/aromatic N) is 1. The first-order valence-electron chi connectivity index (χ1n) is 6.91. The van der Waals surface area contributed by atoms with E-state index in [0.717, 1.165) is 19.5 Å². The van der Waals surface area contributed by atoms with Crippen LogP contribution in [0.1, 0.15) is 40.1 Å². The van der Waals surface area contributed by atoms with Gasteiger partial charge in [-0.2, -0.15) is 0 Å². The normalized spacial score (nSPS) is 14.4. The Morgan fingerprint density at radius 2 is 1.89 bits per heavy atom. The van der Waals surface area contributed by atoms with Gasteiger partial charge in [-0.05, 0) is 30.9 Å². The second kappa shape index (κ2) is 8.56. The Morgan fingerprint density at radius 3 is 2.56 bits per heavy atom. The summed E-state index contributed by atoms with van der Waals surface area (Å²) in [7, 11) is 0. The van der Waals surface area contributed by atoms with E-state index in [2.05, 4.69) is 28.4 Å². The van der Waals surface area contributed by atoms with Gasteiger partial charge in [-0.15, -0.1) is 0 Å². The number of benzene rings is 1. The van der Waals surface area contributed by atoms with E-state index in [9.17, 15) is 4.79 Å². The average Bonchev–Trinajstić information content (AvgIpc) is 2.48. The van der Waals surface area contributed by atoms with Crippen LogP contribution in [-0.2, 0) is 11.3 Å². The summed E-state index contributed by atoms with van der Waals surface area (Å²) in [5.41, 5.74) is 2.48. The smallest absolute Gasteiger partial charge is 0.207 e. The molecule has 2 rings (SSSR count). The molecule has 102 valence electrons. The quantitative estimate of drug-likeness (QED) is 0.832. The minimum Gasteiger partial charge on any atom is -0.371 e. The molecule has 3 heteroatoms. The first kappa shape index (κ1) is 14.6. The minimum absolute atomic E-state index is 0. The van der Waals surface area contributed by atoms with E-state index in [0.29, 0.717) is 6.54 Å². The maximum Gasteiger partial charge on any atom is 0.207 e. The van der Waals surface area contributed by atoms with Crippen LogP contribution in [-0.4, -0.2) is 19.5 Å². The molecular formula is C15H26N2O. The van der Waals surface area contributed by atoms with E-state index < -0.39 is 0 Å². The summed E-state index contributed by atoms with van der Waals surface area (Å²) in [5.74, 6) is 0. The van der Waals surface area contributed by atoms with Crippen LogP contribution < -0.4 is 10.2 Å². The van der Waals surface area contributed by atoms with Gasteiger partial charge in [-0.25, -0.2) is 0 Å². The van der Waals surface area contributed by atoms with Gasteiger partial charge in [0.25, 0.3) is 0 Å². The fourth-order valence-electron chi connectivity index (χ4n) is 2.26. The lowest BCUT2D eigenvalue weighted by molar-refractivity contribution is -0.109. The Morgan fingerprint density at radius 1 is 1.22 bits per heavy atom. The summed E-state index contributed by atoms with van der Waals surface area (Å²) in [6.07, 6.45) is 4.64. The van der Waals surface area contributed by atoms with Gasteiger partial charge in [0, 0.05) is 26.7 Å². The molecule has 0 atom stereocenters. The second-order valence-electron chi connectivity index (χ2n) is 4.18. The molecule has 0 spiro atoms. The van der Waals surface area contributed by atoms with Crippen molar-refractivity contribution in [3.63, 3.8) is 0 Å². The predicted molar refractivity (Wildman–Crippen MR) is 78.9 cm³/mol. The first-order chi connectivity index (χ1) is 8.92. The number of amides is 1. The van der Waals surface area contributed by atoms with Gasteiger partial charge in [0.1, 0.15) is 0 Å². The van der Waals surface area contributed by atoms with Crippen molar-refractivity contribution in [2.75, 3.05) is 18.0 Å². The van der Waals surface area contributed by atoms with Crippen LogP contribution >= 0.6 is 0 Å². The van der Waals surface area contributed by atoms with E-state index in [1.165, 1.54) is 30.5 Å². The van der Waals surface area contributed by atoms with E-state index >= 15 is 0 Å². The van der Waals surface area contributed by atoms with Crippen molar-refractivity contribution < 1.29 is 6.22 Å². The van der Waals surface area contributed by atoms with Gasteiger partial charge >= 0.3 is 0 Å². The van der Waals surface area contributed by atoms with E-state index in [1.54, 1.807) is 0 Å². The number of carbonyl (C=O) groups excluding carboxylic acids is 1. The third kappa shape index (κ3) is 4.06. The summed E-state index contributed by atoms with van der Waals surface area (Å²) in [4.78, 5) is 12.8. The van der Waals surface area contributed by atoms with Gasteiger partial charge in [0.05, 0.1) is 0 Å². The molecule has 0 unspecified atom stereocenters. The SMILES string of the molecule is CC.O=CNCc1ccccc1N1CCCCC1.[HH]. The zero-order valence-electron chi connectivity index (χ0n) is 11.5. The summed E-state index contributed by atoms with van der Waals surface area (Å²) in [6, 6.07) is 8.32. The Balaban J connectivity index is 0.00000103. The molecule has 1 amide bonds. The number of rotatable bonds is 4. The van der Waals surface area contributed by atoms with Crippen molar-refractivity contribution in [3.8, 4) is 0 Å². The topological polar surface area (TPSA) is 32.3 Å². The van der Waals surface area contributed by atoms with Gasteiger partial charge in [-0.3, -0.25) is 4.79 Å². The van der Waals surface area contributed by atoms with Crippen molar-refractivity contribution in [2.24, 2.45) is 0 Å². The average molecular weight is 250 g/mol. The zero-order chi connectivity index (χ0) is 13.2. The zero-order valence-corrected chi connectivity index (χ0v) is 11.5. The number of hydrogen-bond donors (Lipinski definition) is 1. The molecule has 1 aromatic carbocycles. The maximum absolute atomic E-state index is 10.3. The third-order valence-corrected chi connectivity index (χ3v) is 3.06. The second-order valence-corrected chi connectivity index (χ2v) is 4.18. The molecule has 3 nitrogen and oxygen atoms in total. The van der Waals surface area contributed by atoms with Crippen molar-refractivity contribution in [1.82, 2.24) is 5.32 Å². The number of piperidine rings is 1. The molecule has 1 fully saturated rings. The van der Waals surface area contributed by atoms with Crippen molar-refractivity contribution >= 4 is 12.1 Å². The van der Waals surface area contributed by atoms with Crippen molar-refractivity contribution in [3.05, 3.63) is 29.8 Å². The number of anilines is 1. The summed E-state index contributed by atoms with van der Waals surface area (Å²) < 4.78 is 0. The molecule has 1 aliphatic heterocycles. The van der Waals surface area contributed by atoms with E-state index in [1.807, 2.05) is 19.9 Å². The fraction of sp³-hybridized carbons (Fsp3) is 0.533. The van der Waals surface area contributed by atoms with Crippen LogP contribution in [0, 0.1) is 0 Å².